The fourth-order valence-corrected chi connectivity index (χ4v) is 5.85. The highest BCUT2D eigenvalue weighted by Gasteiger charge is 2.26. The number of nitrogens with zero attached hydrogens (tertiary/aromatic N) is 3. The van der Waals surface area contributed by atoms with Gasteiger partial charge in [-0.15, -0.1) is 10.2 Å². The summed E-state index contributed by atoms with van der Waals surface area (Å²) in [7, 11) is 0. The Bertz CT molecular complexity index is 1640. The van der Waals surface area contributed by atoms with Crippen molar-refractivity contribution in [3.05, 3.63) is 135 Å². The Balaban J connectivity index is 1.52. The van der Waals surface area contributed by atoms with E-state index in [9.17, 15) is 4.79 Å². The third-order valence-corrected chi connectivity index (χ3v) is 8.01. The van der Waals surface area contributed by atoms with Gasteiger partial charge in [0.15, 0.2) is 11.0 Å². The second kappa shape index (κ2) is 13.3. The average molecular weight is 603 g/mol. The summed E-state index contributed by atoms with van der Waals surface area (Å²) in [5, 5.41) is 16.9. The van der Waals surface area contributed by atoms with Gasteiger partial charge in [-0.05, 0) is 55.3 Å². The molecule has 0 radical (unpaired) electrons. The lowest BCUT2D eigenvalue weighted by Crippen LogP contribution is -2.35. The molecule has 2 N–H and O–H groups in total. The number of anilines is 1. The molecule has 0 aliphatic rings. The number of aromatic nitrogens is 3. The van der Waals surface area contributed by atoms with E-state index >= 15 is 0 Å². The monoisotopic (exact) mass is 601 g/mol. The van der Waals surface area contributed by atoms with E-state index in [1.807, 2.05) is 78.2 Å². The molecule has 0 saturated carbocycles. The number of urea groups is 1. The Labute approximate surface area is 254 Å². The summed E-state index contributed by atoms with van der Waals surface area (Å²) in [4.78, 5) is 13.3. The molecule has 0 bridgehead atoms. The number of nitrogens with one attached hydrogen (secondary N) is 2. The van der Waals surface area contributed by atoms with E-state index in [-0.39, 0.29) is 6.03 Å². The number of carbonyl (C=O) groups excluding carboxylic acids is 1. The molecule has 0 aliphatic carbocycles. The van der Waals surface area contributed by atoms with Crippen LogP contribution in [0.4, 0.5) is 10.5 Å². The van der Waals surface area contributed by atoms with Crippen LogP contribution in [-0.4, -0.2) is 20.8 Å². The Hall–Kier alpha value is -3.78. The lowest BCUT2D eigenvalue weighted by atomic mass is 10.1. The molecule has 0 fully saturated rings. The summed E-state index contributed by atoms with van der Waals surface area (Å²) in [6.07, 6.45) is 0.494. The zero-order valence-corrected chi connectivity index (χ0v) is 25.0. The van der Waals surface area contributed by atoms with Crippen LogP contribution in [0.15, 0.2) is 102 Å². The predicted molar refractivity (Wildman–Crippen MR) is 168 cm³/mol. The maximum Gasteiger partial charge on any atom is 0.319 e. The van der Waals surface area contributed by atoms with Crippen molar-refractivity contribution in [2.45, 2.75) is 37.2 Å². The topological polar surface area (TPSA) is 71.8 Å². The highest BCUT2D eigenvalue weighted by Crippen LogP contribution is 2.33. The molecule has 0 aliphatic heterocycles. The second-order valence-corrected chi connectivity index (χ2v) is 11.5. The van der Waals surface area contributed by atoms with Crippen LogP contribution in [0.3, 0.4) is 0 Å². The van der Waals surface area contributed by atoms with Crippen molar-refractivity contribution in [2.75, 3.05) is 5.32 Å². The van der Waals surface area contributed by atoms with Crippen LogP contribution < -0.4 is 10.6 Å². The van der Waals surface area contributed by atoms with E-state index in [1.165, 1.54) is 11.1 Å². The summed E-state index contributed by atoms with van der Waals surface area (Å²) in [6.45, 7) is 4.08. The molecule has 0 spiro atoms. The van der Waals surface area contributed by atoms with Gasteiger partial charge < -0.3 is 10.6 Å². The highest BCUT2D eigenvalue weighted by molar-refractivity contribution is 7.98. The quantitative estimate of drug-likeness (QED) is 0.166. The number of rotatable bonds is 9. The molecule has 2 amide bonds. The SMILES string of the molecule is Cc1ccc(NC(=O)NC(Cc2ccccc2)c2nnc(SCc3cccc(C)c3)n2-c2ccc(Cl)cc2Cl)cc1. The smallest absolute Gasteiger partial charge is 0.319 e. The van der Waals surface area contributed by atoms with Crippen molar-refractivity contribution in [3.8, 4) is 5.69 Å². The Morgan fingerprint density at radius 1 is 0.854 bits per heavy atom. The maximum absolute atomic E-state index is 13.3. The van der Waals surface area contributed by atoms with Gasteiger partial charge in [-0.2, -0.15) is 0 Å². The Morgan fingerprint density at radius 3 is 2.34 bits per heavy atom. The summed E-state index contributed by atoms with van der Waals surface area (Å²) in [6, 6.07) is 30.4. The molecular formula is C32H29Cl2N5OS. The molecule has 6 nitrogen and oxygen atoms in total. The molecule has 1 unspecified atom stereocenters. The fourth-order valence-electron chi connectivity index (χ4n) is 4.46. The predicted octanol–water partition coefficient (Wildman–Crippen LogP) is 8.59. The number of halogens is 2. The van der Waals surface area contributed by atoms with Crippen LogP contribution in [0.5, 0.6) is 0 Å². The molecular weight excluding hydrogens is 573 g/mol. The molecule has 41 heavy (non-hydrogen) atoms. The minimum atomic E-state index is -0.518. The molecule has 208 valence electrons. The van der Waals surface area contributed by atoms with Crippen LogP contribution in [0, 0.1) is 13.8 Å². The van der Waals surface area contributed by atoms with Crippen molar-refractivity contribution in [1.82, 2.24) is 20.1 Å². The molecule has 5 aromatic rings. The van der Waals surface area contributed by atoms with Crippen LogP contribution >= 0.6 is 35.0 Å². The number of amides is 2. The molecule has 1 atom stereocenters. The summed E-state index contributed by atoms with van der Waals surface area (Å²) < 4.78 is 1.92. The number of hydrogen-bond acceptors (Lipinski definition) is 4. The van der Waals surface area contributed by atoms with E-state index in [4.69, 9.17) is 23.2 Å². The third-order valence-electron chi connectivity index (χ3n) is 6.47. The zero-order chi connectivity index (χ0) is 28.8. The molecule has 0 saturated heterocycles. The summed E-state index contributed by atoms with van der Waals surface area (Å²) >= 11 is 14.5. The van der Waals surface area contributed by atoms with Gasteiger partial charge in [0.2, 0.25) is 0 Å². The first-order chi connectivity index (χ1) is 19.9. The van der Waals surface area contributed by atoms with E-state index < -0.39 is 6.04 Å². The number of thioether (sulfide) groups is 1. The summed E-state index contributed by atoms with van der Waals surface area (Å²) in [5.74, 6) is 1.25. The normalized spacial score (nSPS) is 11.7. The largest absolute Gasteiger partial charge is 0.327 e. The molecule has 5 rings (SSSR count). The van der Waals surface area contributed by atoms with Crippen LogP contribution in [0.1, 0.15) is 34.1 Å². The van der Waals surface area contributed by atoms with Crippen LogP contribution in [-0.2, 0) is 12.2 Å². The van der Waals surface area contributed by atoms with Crippen molar-refractivity contribution in [2.24, 2.45) is 0 Å². The summed E-state index contributed by atoms with van der Waals surface area (Å²) in [5.41, 5.74) is 5.90. The van der Waals surface area contributed by atoms with Gasteiger partial charge in [0, 0.05) is 22.9 Å². The zero-order valence-electron chi connectivity index (χ0n) is 22.6. The molecule has 1 aromatic heterocycles. The number of carbonyl (C=O) groups is 1. The van der Waals surface area contributed by atoms with E-state index in [0.717, 1.165) is 11.1 Å². The molecule has 1 heterocycles. The first kappa shape index (κ1) is 28.7. The maximum atomic E-state index is 13.3. The lowest BCUT2D eigenvalue weighted by Gasteiger charge is -2.21. The van der Waals surface area contributed by atoms with E-state index in [2.05, 4.69) is 46.0 Å². The van der Waals surface area contributed by atoms with Crippen LogP contribution in [0.2, 0.25) is 10.0 Å². The van der Waals surface area contributed by atoms with Gasteiger partial charge in [-0.1, -0.05) is 113 Å². The van der Waals surface area contributed by atoms with Crippen molar-refractivity contribution >= 4 is 46.7 Å². The van der Waals surface area contributed by atoms with Gasteiger partial charge in [-0.3, -0.25) is 4.57 Å². The average Bonchev–Trinajstić information content (AvgIpc) is 3.37. The van der Waals surface area contributed by atoms with Gasteiger partial charge in [0.1, 0.15) is 0 Å². The van der Waals surface area contributed by atoms with Crippen molar-refractivity contribution < 1.29 is 4.79 Å². The Morgan fingerprint density at radius 2 is 1.61 bits per heavy atom. The van der Waals surface area contributed by atoms with Gasteiger partial charge >= 0.3 is 6.03 Å². The van der Waals surface area contributed by atoms with Gasteiger partial charge in [-0.25, -0.2) is 4.79 Å². The van der Waals surface area contributed by atoms with Crippen LogP contribution in [0.25, 0.3) is 5.69 Å². The minimum Gasteiger partial charge on any atom is -0.327 e. The first-order valence-electron chi connectivity index (χ1n) is 13.1. The Kier molecular flexibility index (Phi) is 9.29. The van der Waals surface area contributed by atoms with E-state index in [0.29, 0.717) is 44.6 Å². The van der Waals surface area contributed by atoms with E-state index in [1.54, 1.807) is 23.9 Å². The van der Waals surface area contributed by atoms with Gasteiger partial charge in [0.05, 0.1) is 16.8 Å². The van der Waals surface area contributed by atoms with Gasteiger partial charge in [0.25, 0.3) is 0 Å². The second-order valence-electron chi connectivity index (χ2n) is 9.76. The highest BCUT2D eigenvalue weighted by atomic mass is 35.5. The lowest BCUT2D eigenvalue weighted by molar-refractivity contribution is 0.247. The van der Waals surface area contributed by atoms with Crippen molar-refractivity contribution in [3.63, 3.8) is 0 Å². The number of hydrogen-bond donors (Lipinski definition) is 2. The number of benzene rings is 4. The minimum absolute atomic E-state index is 0.347. The molecule has 4 aromatic carbocycles. The van der Waals surface area contributed by atoms with Crippen molar-refractivity contribution in [1.29, 1.82) is 0 Å². The molecule has 9 heteroatoms. The first-order valence-corrected chi connectivity index (χ1v) is 14.9. The number of aryl methyl sites for hydroxylation is 2. The third kappa shape index (κ3) is 7.50. The standard InChI is InChI=1S/C32H29Cl2N5OS/c1-21-11-14-26(15-12-21)35-31(40)36-28(18-23-8-4-3-5-9-23)30-37-38-32(41-20-24-10-6-7-22(2)17-24)39(30)29-16-13-25(33)19-27(29)34/h3-17,19,28H,18,20H2,1-2H3,(H2,35,36,40). The fraction of sp³-hybridized carbons (Fsp3) is 0.156.